The molecule has 2 heteroatoms. The van der Waals surface area contributed by atoms with E-state index in [0.717, 1.165) is 0 Å². The van der Waals surface area contributed by atoms with Crippen LogP contribution in [0.15, 0.2) is 12.4 Å². The van der Waals surface area contributed by atoms with Gasteiger partial charge in [-0.2, -0.15) is 0 Å². The second kappa shape index (κ2) is 11.0. The van der Waals surface area contributed by atoms with Gasteiger partial charge in [-0.1, -0.05) is 65.2 Å². The molecule has 118 valence electrons. The quantitative estimate of drug-likeness (QED) is 0.444. The van der Waals surface area contributed by atoms with E-state index in [4.69, 9.17) is 0 Å². The summed E-state index contributed by atoms with van der Waals surface area (Å²) < 4.78 is 0. The van der Waals surface area contributed by atoms with Gasteiger partial charge in [-0.05, 0) is 19.8 Å². The molecule has 0 saturated heterocycles. The van der Waals surface area contributed by atoms with E-state index in [2.05, 4.69) is 43.0 Å². The Balaban J connectivity index is 1.93. The minimum absolute atomic E-state index is 0.573. The van der Waals surface area contributed by atoms with Crippen LogP contribution >= 0.6 is 0 Å². The first kappa shape index (κ1) is 17.4. The van der Waals surface area contributed by atoms with Crippen LogP contribution in [-0.2, 0) is 0 Å². The lowest BCUT2D eigenvalue weighted by Gasteiger charge is -2.29. The molecule has 2 nitrogen and oxygen atoms in total. The van der Waals surface area contributed by atoms with Crippen LogP contribution in [-0.4, -0.2) is 29.1 Å². The van der Waals surface area contributed by atoms with Gasteiger partial charge in [-0.3, -0.25) is 0 Å². The standard InChI is InChI=1S/C18H36N2/c1-4-6-7-8-9-10-11-12-13-15-20-17-16-19(14-5-2)18(20)3/h16-18H,4-15H2,1-3H3. The lowest BCUT2D eigenvalue weighted by atomic mass is 10.1. The second-order valence-corrected chi connectivity index (χ2v) is 6.23. The normalized spacial score (nSPS) is 18.2. The summed E-state index contributed by atoms with van der Waals surface area (Å²) in [7, 11) is 0. The van der Waals surface area contributed by atoms with Gasteiger partial charge < -0.3 is 9.80 Å². The minimum Gasteiger partial charge on any atom is -0.356 e. The fourth-order valence-corrected chi connectivity index (χ4v) is 3.00. The fraction of sp³-hybridized carbons (Fsp3) is 0.889. The Bertz CT molecular complexity index is 250. The van der Waals surface area contributed by atoms with E-state index >= 15 is 0 Å². The van der Waals surface area contributed by atoms with Gasteiger partial charge in [0.1, 0.15) is 0 Å². The Morgan fingerprint density at radius 3 is 1.70 bits per heavy atom. The monoisotopic (exact) mass is 280 g/mol. The highest BCUT2D eigenvalue weighted by Gasteiger charge is 2.19. The highest BCUT2D eigenvalue weighted by Crippen LogP contribution is 2.17. The SMILES string of the molecule is CCCCCCCCCCCN1C=CN(CCC)C1C. The maximum Gasteiger partial charge on any atom is 0.0977 e. The summed E-state index contributed by atoms with van der Waals surface area (Å²) in [5, 5.41) is 0. The molecule has 1 unspecified atom stereocenters. The van der Waals surface area contributed by atoms with Crippen molar-refractivity contribution in [1.29, 1.82) is 0 Å². The highest BCUT2D eigenvalue weighted by molar-refractivity contribution is 4.94. The maximum atomic E-state index is 2.50. The topological polar surface area (TPSA) is 6.48 Å². The molecule has 0 amide bonds. The zero-order valence-electron chi connectivity index (χ0n) is 14.1. The lowest BCUT2D eigenvalue weighted by molar-refractivity contribution is 0.168. The van der Waals surface area contributed by atoms with Crippen LogP contribution in [0.4, 0.5) is 0 Å². The van der Waals surface area contributed by atoms with Gasteiger partial charge in [0.05, 0.1) is 6.17 Å². The molecule has 1 aliphatic rings. The van der Waals surface area contributed by atoms with Crippen molar-refractivity contribution in [3.05, 3.63) is 12.4 Å². The Kier molecular flexibility index (Phi) is 9.61. The van der Waals surface area contributed by atoms with Crippen LogP contribution in [0.3, 0.4) is 0 Å². The summed E-state index contributed by atoms with van der Waals surface area (Å²) in [6.07, 6.45) is 19.1. The van der Waals surface area contributed by atoms with Crippen LogP contribution in [0.5, 0.6) is 0 Å². The zero-order valence-corrected chi connectivity index (χ0v) is 14.1. The van der Waals surface area contributed by atoms with Gasteiger partial charge >= 0.3 is 0 Å². The number of hydrogen-bond donors (Lipinski definition) is 0. The Hall–Kier alpha value is -0.660. The van der Waals surface area contributed by atoms with Crippen molar-refractivity contribution in [3.63, 3.8) is 0 Å². The third-order valence-corrected chi connectivity index (χ3v) is 4.41. The molecule has 1 rings (SSSR count). The van der Waals surface area contributed by atoms with E-state index in [1.54, 1.807) is 0 Å². The van der Waals surface area contributed by atoms with Crippen molar-refractivity contribution in [2.75, 3.05) is 13.1 Å². The van der Waals surface area contributed by atoms with Crippen LogP contribution in [0.25, 0.3) is 0 Å². The predicted octanol–water partition coefficient (Wildman–Crippen LogP) is 5.36. The van der Waals surface area contributed by atoms with E-state index in [0.29, 0.717) is 6.17 Å². The largest absolute Gasteiger partial charge is 0.356 e. The first-order valence-corrected chi connectivity index (χ1v) is 8.99. The summed E-state index contributed by atoms with van der Waals surface area (Å²) in [6.45, 7) is 9.28. The molecule has 0 fully saturated rings. The molecular formula is C18H36N2. The number of unbranched alkanes of at least 4 members (excludes halogenated alkanes) is 8. The summed E-state index contributed by atoms with van der Waals surface area (Å²) in [5.41, 5.74) is 0. The summed E-state index contributed by atoms with van der Waals surface area (Å²) in [6, 6.07) is 0. The number of rotatable bonds is 12. The van der Waals surface area contributed by atoms with Gasteiger partial charge in [0.15, 0.2) is 0 Å². The molecule has 1 atom stereocenters. The van der Waals surface area contributed by atoms with Gasteiger partial charge in [-0.25, -0.2) is 0 Å². The number of hydrogen-bond acceptors (Lipinski definition) is 2. The van der Waals surface area contributed by atoms with Crippen LogP contribution in [0.1, 0.15) is 85.0 Å². The molecule has 0 bridgehead atoms. The van der Waals surface area contributed by atoms with Crippen molar-refractivity contribution in [2.45, 2.75) is 91.1 Å². The molecule has 1 heterocycles. The third-order valence-electron chi connectivity index (χ3n) is 4.41. The van der Waals surface area contributed by atoms with Gasteiger partial charge in [0.2, 0.25) is 0 Å². The highest BCUT2D eigenvalue weighted by atomic mass is 15.4. The summed E-state index contributed by atoms with van der Waals surface area (Å²) in [5.74, 6) is 0. The van der Waals surface area contributed by atoms with Crippen LogP contribution < -0.4 is 0 Å². The van der Waals surface area contributed by atoms with E-state index in [9.17, 15) is 0 Å². The Morgan fingerprint density at radius 1 is 0.650 bits per heavy atom. The van der Waals surface area contributed by atoms with Crippen molar-refractivity contribution < 1.29 is 0 Å². The van der Waals surface area contributed by atoms with Crippen molar-refractivity contribution in [1.82, 2.24) is 9.80 Å². The van der Waals surface area contributed by atoms with Crippen molar-refractivity contribution in [3.8, 4) is 0 Å². The zero-order chi connectivity index (χ0) is 14.6. The second-order valence-electron chi connectivity index (χ2n) is 6.23. The molecule has 0 spiro atoms. The summed E-state index contributed by atoms with van der Waals surface area (Å²) in [4.78, 5) is 4.95. The summed E-state index contributed by atoms with van der Waals surface area (Å²) >= 11 is 0. The molecule has 0 aromatic rings. The smallest absolute Gasteiger partial charge is 0.0977 e. The third kappa shape index (κ3) is 6.67. The average molecular weight is 280 g/mol. The Labute approximate surface area is 127 Å². The molecule has 0 radical (unpaired) electrons. The van der Waals surface area contributed by atoms with Gasteiger partial charge in [-0.15, -0.1) is 0 Å². The molecule has 0 saturated carbocycles. The average Bonchev–Trinajstić information content (AvgIpc) is 2.79. The molecule has 1 aliphatic heterocycles. The molecule has 20 heavy (non-hydrogen) atoms. The Morgan fingerprint density at radius 2 is 1.15 bits per heavy atom. The minimum atomic E-state index is 0.573. The van der Waals surface area contributed by atoms with E-state index < -0.39 is 0 Å². The predicted molar refractivity (Wildman–Crippen MR) is 89.5 cm³/mol. The maximum absolute atomic E-state index is 2.50. The van der Waals surface area contributed by atoms with Crippen LogP contribution in [0, 0.1) is 0 Å². The van der Waals surface area contributed by atoms with Crippen molar-refractivity contribution in [2.24, 2.45) is 0 Å². The molecular weight excluding hydrogens is 244 g/mol. The molecule has 0 N–H and O–H groups in total. The van der Waals surface area contributed by atoms with Gasteiger partial charge in [0.25, 0.3) is 0 Å². The van der Waals surface area contributed by atoms with Crippen LogP contribution in [0.2, 0.25) is 0 Å². The van der Waals surface area contributed by atoms with Crippen molar-refractivity contribution >= 4 is 0 Å². The van der Waals surface area contributed by atoms with E-state index in [1.807, 2.05) is 0 Å². The molecule has 0 aromatic carbocycles. The lowest BCUT2D eigenvalue weighted by Crippen LogP contribution is -2.36. The fourth-order valence-electron chi connectivity index (χ4n) is 3.00. The molecule has 0 aromatic heterocycles. The van der Waals surface area contributed by atoms with E-state index in [-0.39, 0.29) is 0 Å². The first-order chi connectivity index (χ1) is 9.79. The van der Waals surface area contributed by atoms with E-state index in [1.165, 1.54) is 77.3 Å². The molecule has 0 aliphatic carbocycles. The first-order valence-electron chi connectivity index (χ1n) is 8.99. The number of nitrogens with zero attached hydrogens (tertiary/aromatic N) is 2. The van der Waals surface area contributed by atoms with Gasteiger partial charge in [0, 0.05) is 25.5 Å².